The smallest absolute Gasteiger partial charge is 0.228 e. The number of rotatable bonds is 3. The minimum atomic E-state index is -0.776. The molecular weight excluding hydrogens is 230 g/mol. The van der Waals surface area contributed by atoms with Crippen LogP contribution >= 0.6 is 0 Å². The van der Waals surface area contributed by atoms with Crippen molar-refractivity contribution in [2.24, 2.45) is 11.7 Å². The Bertz CT molecular complexity index is 400. The first-order valence-electron chi connectivity index (χ1n) is 6.27. The van der Waals surface area contributed by atoms with Crippen molar-refractivity contribution in [1.29, 1.82) is 0 Å². The topological polar surface area (TPSA) is 88.2 Å². The Kier molecular flexibility index (Phi) is 3.93. The van der Waals surface area contributed by atoms with Gasteiger partial charge in [-0.1, -0.05) is 6.07 Å². The van der Waals surface area contributed by atoms with Crippen molar-refractivity contribution < 1.29 is 9.90 Å². The van der Waals surface area contributed by atoms with Crippen LogP contribution in [-0.4, -0.2) is 28.1 Å². The monoisotopic (exact) mass is 249 g/mol. The van der Waals surface area contributed by atoms with Crippen LogP contribution in [0.1, 0.15) is 25.7 Å². The molecule has 1 aromatic heterocycles. The normalized spacial score (nSPS) is 27.8. The number of hydrogen-bond acceptors (Lipinski definition) is 4. The number of amides is 1. The molecule has 2 rings (SSSR count). The van der Waals surface area contributed by atoms with Crippen molar-refractivity contribution in [2.75, 3.05) is 11.9 Å². The molecule has 0 atom stereocenters. The molecule has 1 heterocycles. The highest BCUT2D eigenvalue weighted by molar-refractivity contribution is 5.91. The first-order chi connectivity index (χ1) is 8.63. The van der Waals surface area contributed by atoms with Crippen molar-refractivity contribution in [3.8, 4) is 0 Å². The number of nitrogens with two attached hydrogens (primary N) is 1. The van der Waals surface area contributed by atoms with Gasteiger partial charge in [0.1, 0.15) is 5.82 Å². The summed E-state index contributed by atoms with van der Waals surface area (Å²) in [5.74, 6) is 0.494. The third-order valence-corrected chi connectivity index (χ3v) is 3.58. The van der Waals surface area contributed by atoms with E-state index < -0.39 is 5.60 Å². The summed E-state index contributed by atoms with van der Waals surface area (Å²) in [5.41, 5.74) is 4.75. The second-order valence-electron chi connectivity index (χ2n) is 4.91. The molecule has 1 saturated carbocycles. The number of carbonyl (C=O) groups excluding carboxylic acids is 1. The van der Waals surface area contributed by atoms with E-state index in [0.717, 1.165) is 0 Å². The molecule has 5 heteroatoms. The van der Waals surface area contributed by atoms with Crippen molar-refractivity contribution in [2.45, 2.75) is 31.3 Å². The van der Waals surface area contributed by atoms with Crippen LogP contribution in [-0.2, 0) is 4.79 Å². The molecule has 4 N–H and O–H groups in total. The van der Waals surface area contributed by atoms with E-state index >= 15 is 0 Å². The Morgan fingerprint density at radius 2 is 2.22 bits per heavy atom. The maximum Gasteiger partial charge on any atom is 0.228 e. The van der Waals surface area contributed by atoms with Crippen LogP contribution in [0.25, 0.3) is 0 Å². The van der Waals surface area contributed by atoms with Gasteiger partial charge in [0.25, 0.3) is 0 Å². The van der Waals surface area contributed by atoms with Crippen LogP contribution < -0.4 is 11.1 Å². The Hall–Kier alpha value is -1.46. The highest BCUT2D eigenvalue weighted by atomic mass is 16.3. The number of nitrogens with zero attached hydrogens (tertiary/aromatic N) is 1. The molecule has 0 spiro atoms. The summed E-state index contributed by atoms with van der Waals surface area (Å²) in [5, 5.41) is 12.8. The van der Waals surface area contributed by atoms with Gasteiger partial charge in [0.2, 0.25) is 5.91 Å². The van der Waals surface area contributed by atoms with E-state index in [1.807, 2.05) is 6.07 Å². The molecule has 1 fully saturated rings. The highest BCUT2D eigenvalue weighted by Gasteiger charge is 2.34. The second-order valence-corrected chi connectivity index (χ2v) is 4.91. The number of carbonyl (C=O) groups is 1. The molecule has 18 heavy (non-hydrogen) atoms. The fourth-order valence-corrected chi connectivity index (χ4v) is 2.29. The average Bonchev–Trinajstić information content (AvgIpc) is 2.40. The lowest BCUT2D eigenvalue weighted by atomic mass is 9.78. The van der Waals surface area contributed by atoms with Crippen LogP contribution in [0.3, 0.4) is 0 Å². The maximum absolute atomic E-state index is 12.0. The fourth-order valence-electron chi connectivity index (χ4n) is 2.29. The Morgan fingerprint density at radius 3 is 2.78 bits per heavy atom. The number of aliphatic hydroxyl groups is 1. The van der Waals surface area contributed by atoms with Crippen LogP contribution in [0, 0.1) is 5.92 Å². The summed E-state index contributed by atoms with van der Waals surface area (Å²) >= 11 is 0. The summed E-state index contributed by atoms with van der Waals surface area (Å²) in [6, 6.07) is 5.39. The predicted octanol–water partition coefficient (Wildman–Crippen LogP) is 0.900. The number of aromatic nitrogens is 1. The van der Waals surface area contributed by atoms with E-state index in [4.69, 9.17) is 5.73 Å². The first-order valence-corrected chi connectivity index (χ1v) is 6.27. The minimum absolute atomic E-state index is 0.0206. The van der Waals surface area contributed by atoms with Gasteiger partial charge in [-0.2, -0.15) is 0 Å². The van der Waals surface area contributed by atoms with Crippen LogP contribution in [0.5, 0.6) is 0 Å². The molecule has 5 nitrogen and oxygen atoms in total. The third-order valence-electron chi connectivity index (χ3n) is 3.58. The lowest BCUT2D eigenvalue weighted by Crippen LogP contribution is -2.43. The average molecular weight is 249 g/mol. The van der Waals surface area contributed by atoms with Crippen molar-refractivity contribution in [1.82, 2.24) is 4.98 Å². The zero-order valence-corrected chi connectivity index (χ0v) is 10.3. The van der Waals surface area contributed by atoms with Crippen LogP contribution in [0.4, 0.5) is 5.82 Å². The van der Waals surface area contributed by atoms with Gasteiger partial charge in [0.15, 0.2) is 0 Å². The molecule has 0 bridgehead atoms. The number of pyridine rings is 1. The summed E-state index contributed by atoms with van der Waals surface area (Å²) in [6.45, 7) is 0.265. The van der Waals surface area contributed by atoms with E-state index in [0.29, 0.717) is 31.5 Å². The SMILES string of the molecule is NCC1(O)CCC(C(=O)Nc2ccccn2)CC1. The van der Waals surface area contributed by atoms with E-state index in [1.165, 1.54) is 0 Å². The molecule has 0 aromatic carbocycles. The summed E-state index contributed by atoms with van der Waals surface area (Å²) in [6.07, 6.45) is 4.16. The summed E-state index contributed by atoms with van der Waals surface area (Å²) < 4.78 is 0. The van der Waals surface area contributed by atoms with Gasteiger partial charge in [-0.25, -0.2) is 4.98 Å². The Labute approximate surface area is 106 Å². The lowest BCUT2D eigenvalue weighted by Gasteiger charge is -2.34. The van der Waals surface area contributed by atoms with Gasteiger partial charge < -0.3 is 16.2 Å². The van der Waals surface area contributed by atoms with Crippen LogP contribution in [0.2, 0.25) is 0 Å². The third kappa shape index (κ3) is 3.05. The van der Waals surface area contributed by atoms with Gasteiger partial charge in [-0.05, 0) is 37.8 Å². The zero-order valence-electron chi connectivity index (χ0n) is 10.3. The van der Waals surface area contributed by atoms with Gasteiger partial charge >= 0.3 is 0 Å². The van der Waals surface area contributed by atoms with E-state index in [1.54, 1.807) is 18.3 Å². The number of nitrogens with one attached hydrogen (secondary N) is 1. The van der Waals surface area contributed by atoms with Gasteiger partial charge in [0.05, 0.1) is 5.60 Å². The standard InChI is InChI=1S/C13H19N3O2/c14-9-13(18)6-4-10(5-7-13)12(17)16-11-3-1-2-8-15-11/h1-3,8,10,18H,4-7,9,14H2,(H,15,16,17). The highest BCUT2D eigenvalue weighted by Crippen LogP contribution is 2.31. The quantitative estimate of drug-likeness (QED) is 0.742. The van der Waals surface area contributed by atoms with Crippen molar-refractivity contribution in [3.05, 3.63) is 24.4 Å². The molecule has 98 valence electrons. The summed E-state index contributed by atoms with van der Waals surface area (Å²) in [7, 11) is 0. The number of anilines is 1. The summed E-state index contributed by atoms with van der Waals surface area (Å²) in [4.78, 5) is 16.1. The van der Waals surface area contributed by atoms with E-state index in [-0.39, 0.29) is 18.4 Å². The van der Waals surface area contributed by atoms with Crippen molar-refractivity contribution >= 4 is 11.7 Å². The van der Waals surface area contributed by atoms with Gasteiger partial charge in [0, 0.05) is 18.7 Å². The number of hydrogen-bond donors (Lipinski definition) is 3. The molecule has 0 saturated heterocycles. The zero-order chi connectivity index (χ0) is 13.0. The molecule has 1 aromatic rings. The molecule has 0 unspecified atom stereocenters. The second kappa shape index (κ2) is 5.46. The van der Waals surface area contributed by atoms with Crippen LogP contribution in [0.15, 0.2) is 24.4 Å². The molecule has 0 radical (unpaired) electrons. The molecule has 1 aliphatic carbocycles. The minimum Gasteiger partial charge on any atom is -0.389 e. The maximum atomic E-state index is 12.0. The Balaban J connectivity index is 1.88. The lowest BCUT2D eigenvalue weighted by molar-refractivity contribution is -0.122. The molecule has 1 amide bonds. The molecule has 1 aliphatic rings. The Morgan fingerprint density at radius 1 is 1.50 bits per heavy atom. The van der Waals surface area contributed by atoms with E-state index in [9.17, 15) is 9.90 Å². The van der Waals surface area contributed by atoms with Crippen molar-refractivity contribution in [3.63, 3.8) is 0 Å². The largest absolute Gasteiger partial charge is 0.389 e. The predicted molar refractivity (Wildman–Crippen MR) is 68.8 cm³/mol. The fraction of sp³-hybridized carbons (Fsp3) is 0.538. The molecule has 0 aliphatic heterocycles. The van der Waals surface area contributed by atoms with Gasteiger partial charge in [-0.15, -0.1) is 0 Å². The molecular formula is C13H19N3O2. The van der Waals surface area contributed by atoms with E-state index in [2.05, 4.69) is 10.3 Å². The van der Waals surface area contributed by atoms with Gasteiger partial charge in [-0.3, -0.25) is 4.79 Å². The first kappa shape index (κ1) is 13.0.